The lowest BCUT2D eigenvalue weighted by Gasteiger charge is -2.41. The topological polar surface area (TPSA) is 58.1 Å². The number of aryl methyl sites for hydroxylation is 1. The number of ether oxygens (including phenoxy) is 2. The average molecular weight is 403 g/mol. The van der Waals surface area contributed by atoms with E-state index in [-0.39, 0.29) is 11.6 Å². The molecule has 3 rings (SSSR count). The van der Waals surface area contributed by atoms with Crippen molar-refractivity contribution in [2.75, 3.05) is 53.0 Å². The largest absolute Gasteiger partial charge is 0.379 e. The van der Waals surface area contributed by atoms with Crippen LogP contribution in [0, 0.1) is 0 Å². The summed E-state index contributed by atoms with van der Waals surface area (Å²) >= 11 is 0. The van der Waals surface area contributed by atoms with E-state index in [1.54, 1.807) is 0 Å². The summed E-state index contributed by atoms with van der Waals surface area (Å²) in [5.74, 6) is 0.856. The van der Waals surface area contributed by atoms with Gasteiger partial charge in [-0.05, 0) is 50.7 Å². The third-order valence-electron chi connectivity index (χ3n) is 6.03. The maximum absolute atomic E-state index is 6.20. The van der Waals surface area contributed by atoms with E-state index in [4.69, 9.17) is 9.47 Å². The number of guanidine groups is 1. The van der Waals surface area contributed by atoms with Crippen molar-refractivity contribution in [1.29, 1.82) is 0 Å². The molecular weight excluding hydrogens is 364 g/mol. The Bertz CT molecular complexity index is 656. The molecule has 1 aliphatic carbocycles. The van der Waals surface area contributed by atoms with E-state index < -0.39 is 0 Å². The summed E-state index contributed by atoms with van der Waals surface area (Å²) in [6.45, 7) is 10.6. The van der Waals surface area contributed by atoms with Gasteiger partial charge in [0.15, 0.2) is 5.96 Å². The molecule has 2 N–H and O–H groups in total. The molecule has 1 fully saturated rings. The molecule has 0 saturated carbocycles. The zero-order chi connectivity index (χ0) is 20.5. The molecule has 162 valence electrons. The monoisotopic (exact) mass is 402 g/mol. The minimum atomic E-state index is 0.0683. The van der Waals surface area contributed by atoms with E-state index in [2.05, 4.69) is 58.6 Å². The number of morpholine rings is 1. The summed E-state index contributed by atoms with van der Waals surface area (Å²) < 4.78 is 11.7. The summed E-state index contributed by atoms with van der Waals surface area (Å²) in [5.41, 5.74) is 2.91. The van der Waals surface area contributed by atoms with E-state index in [0.717, 1.165) is 64.8 Å². The Balaban J connectivity index is 1.34. The van der Waals surface area contributed by atoms with Crippen LogP contribution in [0.15, 0.2) is 29.3 Å². The van der Waals surface area contributed by atoms with Gasteiger partial charge in [-0.1, -0.05) is 24.3 Å². The maximum Gasteiger partial charge on any atom is 0.191 e. The predicted octanol–water partition coefficient (Wildman–Crippen LogP) is 2.75. The van der Waals surface area contributed by atoms with Gasteiger partial charge >= 0.3 is 0 Å². The summed E-state index contributed by atoms with van der Waals surface area (Å²) in [7, 11) is 1.83. The summed E-state index contributed by atoms with van der Waals surface area (Å²) in [5, 5.41) is 6.89. The lowest BCUT2D eigenvalue weighted by molar-refractivity contribution is -0.00834. The van der Waals surface area contributed by atoms with E-state index in [1.165, 1.54) is 24.0 Å². The average Bonchev–Trinajstić information content (AvgIpc) is 2.76. The Hall–Kier alpha value is -1.63. The molecule has 1 saturated heterocycles. The first-order valence-corrected chi connectivity index (χ1v) is 11.1. The molecule has 0 bridgehead atoms. The van der Waals surface area contributed by atoms with Crippen LogP contribution < -0.4 is 10.6 Å². The van der Waals surface area contributed by atoms with Crippen molar-refractivity contribution in [2.45, 2.75) is 51.2 Å². The van der Waals surface area contributed by atoms with E-state index in [0.29, 0.717) is 0 Å². The zero-order valence-corrected chi connectivity index (χ0v) is 18.4. The first-order valence-electron chi connectivity index (χ1n) is 11.1. The van der Waals surface area contributed by atoms with Crippen LogP contribution in [0.5, 0.6) is 0 Å². The van der Waals surface area contributed by atoms with Crippen molar-refractivity contribution in [3.63, 3.8) is 0 Å². The molecule has 2 aliphatic rings. The standard InChI is InChI=1S/C23H38N4O2/c1-23(2,27-13-16-28-17-14-27)18-26-22(24-3)25-12-7-15-29-21-11-6-9-19-8-4-5-10-20(19)21/h4-5,8,10,21H,6-7,9,11-18H2,1-3H3,(H2,24,25,26). The number of hydrogen-bond donors (Lipinski definition) is 2. The highest BCUT2D eigenvalue weighted by molar-refractivity contribution is 5.79. The molecule has 0 amide bonds. The second kappa shape index (κ2) is 11.0. The van der Waals surface area contributed by atoms with Crippen molar-refractivity contribution < 1.29 is 9.47 Å². The molecule has 1 heterocycles. The molecule has 1 aromatic carbocycles. The fourth-order valence-corrected chi connectivity index (χ4v) is 4.19. The van der Waals surface area contributed by atoms with Gasteiger partial charge in [0.05, 0.1) is 19.3 Å². The molecule has 1 atom stereocenters. The Morgan fingerprint density at radius 3 is 2.83 bits per heavy atom. The third kappa shape index (κ3) is 6.43. The summed E-state index contributed by atoms with van der Waals surface area (Å²) in [6, 6.07) is 8.71. The summed E-state index contributed by atoms with van der Waals surface area (Å²) in [4.78, 5) is 6.84. The Morgan fingerprint density at radius 1 is 1.24 bits per heavy atom. The van der Waals surface area contributed by atoms with E-state index in [9.17, 15) is 0 Å². The number of hydrogen-bond acceptors (Lipinski definition) is 4. The van der Waals surface area contributed by atoms with Gasteiger partial charge < -0.3 is 20.1 Å². The molecule has 1 aliphatic heterocycles. The van der Waals surface area contributed by atoms with Crippen LogP contribution in [-0.4, -0.2) is 69.4 Å². The van der Waals surface area contributed by atoms with Crippen LogP contribution in [0.25, 0.3) is 0 Å². The van der Waals surface area contributed by atoms with Crippen molar-refractivity contribution in [3.05, 3.63) is 35.4 Å². The molecule has 0 aromatic heterocycles. The Morgan fingerprint density at radius 2 is 2.03 bits per heavy atom. The van der Waals surface area contributed by atoms with Crippen LogP contribution in [0.4, 0.5) is 0 Å². The van der Waals surface area contributed by atoms with Crippen LogP contribution in [-0.2, 0) is 15.9 Å². The van der Waals surface area contributed by atoms with E-state index in [1.807, 2.05) is 7.05 Å². The molecule has 1 unspecified atom stereocenters. The molecule has 6 heteroatoms. The predicted molar refractivity (Wildman–Crippen MR) is 119 cm³/mol. The number of nitrogens with zero attached hydrogens (tertiary/aromatic N) is 2. The summed E-state index contributed by atoms with van der Waals surface area (Å²) in [6.07, 6.45) is 4.75. The minimum Gasteiger partial charge on any atom is -0.379 e. The van der Waals surface area contributed by atoms with Gasteiger partial charge in [-0.25, -0.2) is 0 Å². The highest BCUT2D eigenvalue weighted by atomic mass is 16.5. The molecule has 6 nitrogen and oxygen atoms in total. The quantitative estimate of drug-likeness (QED) is 0.398. The van der Waals surface area contributed by atoms with Crippen molar-refractivity contribution in [2.24, 2.45) is 4.99 Å². The Kier molecular flexibility index (Phi) is 8.33. The lowest BCUT2D eigenvalue weighted by atomic mass is 9.89. The number of fused-ring (bicyclic) bond motifs is 1. The van der Waals surface area contributed by atoms with E-state index >= 15 is 0 Å². The van der Waals surface area contributed by atoms with Crippen LogP contribution >= 0.6 is 0 Å². The highest BCUT2D eigenvalue weighted by Crippen LogP contribution is 2.32. The zero-order valence-electron chi connectivity index (χ0n) is 18.4. The van der Waals surface area contributed by atoms with Crippen LogP contribution in [0.2, 0.25) is 0 Å². The highest BCUT2D eigenvalue weighted by Gasteiger charge is 2.28. The number of aliphatic imine (C=N–C) groups is 1. The fraction of sp³-hybridized carbons (Fsp3) is 0.696. The van der Waals surface area contributed by atoms with Crippen molar-refractivity contribution in [1.82, 2.24) is 15.5 Å². The van der Waals surface area contributed by atoms with Crippen LogP contribution in [0.1, 0.15) is 50.3 Å². The third-order valence-corrected chi connectivity index (χ3v) is 6.03. The maximum atomic E-state index is 6.20. The van der Waals surface area contributed by atoms with Crippen molar-refractivity contribution in [3.8, 4) is 0 Å². The first kappa shape index (κ1) is 22.1. The van der Waals surface area contributed by atoms with Gasteiger partial charge in [0.2, 0.25) is 0 Å². The van der Waals surface area contributed by atoms with Gasteiger partial charge in [0.1, 0.15) is 0 Å². The smallest absolute Gasteiger partial charge is 0.191 e. The van der Waals surface area contributed by atoms with Gasteiger partial charge in [0.25, 0.3) is 0 Å². The lowest BCUT2D eigenvalue weighted by Crippen LogP contribution is -2.56. The molecular formula is C23H38N4O2. The van der Waals surface area contributed by atoms with Gasteiger partial charge in [-0.3, -0.25) is 9.89 Å². The molecule has 0 radical (unpaired) electrons. The normalized spacial score (nSPS) is 20.9. The van der Waals surface area contributed by atoms with Gasteiger partial charge in [-0.2, -0.15) is 0 Å². The van der Waals surface area contributed by atoms with Gasteiger partial charge in [-0.15, -0.1) is 0 Å². The SMILES string of the molecule is CN=C(NCCCOC1CCCc2ccccc21)NCC(C)(C)N1CCOCC1. The number of rotatable bonds is 8. The minimum absolute atomic E-state index is 0.0683. The first-order chi connectivity index (χ1) is 14.1. The van der Waals surface area contributed by atoms with Gasteiger partial charge in [0, 0.05) is 45.4 Å². The second-order valence-electron chi connectivity index (χ2n) is 8.57. The molecule has 1 aromatic rings. The fourth-order valence-electron chi connectivity index (χ4n) is 4.19. The number of benzene rings is 1. The molecule has 29 heavy (non-hydrogen) atoms. The Labute approximate surface area is 176 Å². The second-order valence-corrected chi connectivity index (χ2v) is 8.57. The van der Waals surface area contributed by atoms with Crippen molar-refractivity contribution >= 4 is 5.96 Å². The number of nitrogens with one attached hydrogen (secondary N) is 2. The molecule has 0 spiro atoms. The van der Waals surface area contributed by atoms with Crippen LogP contribution in [0.3, 0.4) is 0 Å².